The molecule has 0 saturated heterocycles. The Labute approximate surface area is 116 Å². The molecule has 1 aromatic carbocycles. The molecule has 0 radical (unpaired) electrons. The minimum absolute atomic E-state index is 0.142. The summed E-state index contributed by atoms with van der Waals surface area (Å²) in [6.45, 7) is 3.29. The number of hydrogen-bond acceptors (Lipinski definition) is 5. The zero-order valence-electron chi connectivity index (χ0n) is 10.6. The van der Waals surface area contributed by atoms with Crippen LogP contribution in [0, 0.1) is 0 Å². The van der Waals surface area contributed by atoms with Crippen LogP contribution in [0.3, 0.4) is 0 Å². The van der Waals surface area contributed by atoms with Crippen LogP contribution in [0.4, 0.5) is 17.5 Å². The first kappa shape index (κ1) is 13.6. The molecule has 5 nitrogen and oxygen atoms in total. The summed E-state index contributed by atoms with van der Waals surface area (Å²) in [6, 6.07) is 9.49. The van der Waals surface area contributed by atoms with Crippen molar-refractivity contribution in [3.63, 3.8) is 0 Å². The van der Waals surface area contributed by atoms with Crippen LogP contribution in [0.1, 0.15) is 12.5 Å². The summed E-state index contributed by atoms with van der Waals surface area (Å²) in [5, 5.41) is 3.42. The number of nitrogens with one attached hydrogen (secondary N) is 1. The van der Waals surface area contributed by atoms with Crippen molar-refractivity contribution >= 4 is 29.1 Å². The summed E-state index contributed by atoms with van der Waals surface area (Å²) >= 11 is 5.81. The molecule has 6 heteroatoms. The minimum Gasteiger partial charge on any atom is -0.377 e. The van der Waals surface area contributed by atoms with E-state index in [0.29, 0.717) is 24.2 Å². The van der Waals surface area contributed by atoms with Crippen LogP contribution in [0.15, 0.2) is 30.3 Å². The van der Waals surface area contributed by atoms with Gasteiger partial charge < -0.3 is 15.8 Å². The Morgan fingerprint density at radius 3 is 2.63 bits per heavy atom. The second-order valence-corrected chi connectivity index (χ2v) is 4.28. The monoisotopic (exact) mass is 278 g/mol. The molecule has 0 fully saturated rings. The summed E-state index contributed by atoms with van der Waals surface area (Å²) in [6.07, 6.45) is 0. The van der Waals surface area contributed by atoms with Gasteiger partial charge in [0.05, 0.1) is 6.61 Å². The second-order valence-electron chi connectivity index (χ2n) is 3.89. The van der Waals surface area contributed by atoms with Gasteiger partial charge in [-0.25, -0.2) is 4.98 Å². The van der Waals surface area contributed by atoms with Crippen molar-refractivity contribution in [2.75, 3.05) is 17.7 Å². The van der Waals surface area contributed by atoms with Gasteiger partial charge in [0.15, 0.2) is 0 Å². The third-order valence-electron chi connectivity index (χ3n) is 2.41. The first-order valence-electron chi connectivity index (χ1n) is 5.91. The molecule has 0 saturated carbocycles. The summed E-state index contributed by atoms with van der Waals surface area (Å²) < 4.78 is 5.33. The van der Waals surface area contributed by atoms with Gasteiger partial charge in [0.1, 0.15) is 11.0 Å². The highest BCUT2D eigenvalue weighted by Gasteiger charge is 2.01. The number of halogens is 1. The molecule has 1 heterocycles. The molecule has 0 atom stereocenters. The Morgan fingerprint density at radius 2 is 2.00 bits per heavy atom. The number of nitrogens with zero attached hydrogens (tertiary/aromatic N) is 2. The predicted octanol–water partition coefficient (Wildman–Crippen LogP) is 2.99. The smallest absolute Gasteiger partial charge is 0.223 e. The lowest BCUT2D eigenvalue weighted by Gasteiger charge is -2.07. The van der Waals surface area contributed by atoms with E-state index in [9.17, 15) is 0 Å². The van der Waals surface area contributed by atoms with Gasteiger partial charge in [0.2, 0.25) is 5.95 Å². The molecule has 100 valence electrons. The Morgan fingerprint density at radius 1 is 1.26 bits per heavy atom. The fourth-order valence-corrected chi connectivity index (χ4v) is 1.74. The molecule has 3 N–H and O–H groups in total. The van der Waals surface area contributed by atoms with Gasteiger partial charge in [-0.15, -0.1) is 0 Å². The van der Waals surface area contributed by atoms with Gasteiger partial charge in [0.25, 0.3) is 0 Å². The number of anilines is 3. The first-order chi connectivity index (χ1) is 9.17. The number of benzene rings is 1. The van der Waals surface area contributed by atoms with Crippen molar-refractivity contribution in [1.29, 1.82) is 0 Å². The van der Waals surface area contributed by atoms with Crippen LogP contribution in [-0.2, 0) is 11.3 Å². The van der Waals surface area contributed by atoms with Crippen LogP contribution >= 0.6 is 11.6 Å². The summed E-state index contributed by atoms with van der Waals surface area (Å²) in [5.41, 5.74) is 7.54. The SMILES string of the molecule is CCOCc1ccc(Nc2cc(Cl)nc(N)n2)cc1. The Balaban J connectivity index is 2.06. The highest BCUT2D eigenvalue weighted by molar-refractivity contribution is 6.29. The van der Waals surface area contributed by atoms with E-state index in [1.807, 2.05) is 31.2 Å². The van der Waals surface area contributed by atoms with Crippen molar-refractivity contribution in [3.8, 4) is 0 Å². The van der Waals surface area contributed by atoms with Crippen LogP contribution < -0.4 is 11.1 Å². The Hall–Kier alpha value is -1.85. The van der Waals surface area contributed by atoms with E-state index >= 15 is 0 Å². The predicted molar refractivity (Wildman–Crippen MR) is 76.5 cm³/mol. The number of aromatic nitrogens is 2. The maximum Gasteiger partial charge on any atom is 0.223 e. The van der Waals surface area contributed by atoms with Gasteiger partial charge >= 0.3 is 0 Å². The van der Waals surface area contributed by atoms with Crippen molar-refractivity contribution in [2.24, 2.45) is 0 Å². The zero-order valence-corrected chi connectivity index (χ0v) is 11.3. The number of ether oxygens (including phenoxy) is 1. The number of rotatable bonds is 5. The van der Waals surface area contributed by atoms with E-state index in [1.165, 1.54) is 0 Å². The maximum atomic E-state index is 5.81. The first-order valence-corrected chi connectivity index (χ1v) is 6.29. The fraction of sp³-hybridized carbons (Fsp3) is 0.231. The van der Waals surface area contributed by atoms with Crippen molar-refractivity contribution < 1.29 is 4.74 Å². The largest absolute Gasteiger partial charge is 0.377 e. The quantitative estimate of drug-likeness (QED) is 0.823. The van der Waals surface area contributed by atoms with Gasteiger partial charge in [-0.1, -0.05) is 23.7 Å². The molecule has 19 heavy (non-hydrogen) atoms. The molecule has 0 bridgehead atoms. The van der Waals surface area contributed by atoms with Gasteiger partial charge in [-0.3, -0.25) is 0 Å². The molecule has 0 spiro atoms. The van der Waals surface area contributed by atoms with Crippen molar-refractivity contribution in [3.05, 3.63) is 41.0 Å². The zero-order chi connectivity index (χ0) is 13.7. The molecule has 1 aromatic heterocycles. The molecule has 2 aromatic rings. The number of hydrogen-bond donors (Lipinski definition) is 2. The van der Waals surface area contributed by atoms with E-state index in [-0.39, 0.29) is 5.95 Å². The lowest BCUT2D eigenvalue weighted by Crippen LogP contribution is -2.00. The second kappa shape index (κ2) is 6.36. The highest BCUT2D eigenvalue weighted by atomic mass is 35.5. The molecule has 2 rings (SSSR count). The number of nitrogens with two attached hydrogens (primary N) is 1. The molecule has 0 aliphatic rings. The third kappa shape index (κ3) is 4.08. The minimum atomic E-state index is 0.142. The van der Waals surface area contributed by atoms with Crippen molar-refractivity contribution in [2.45, 2.75) is 13.5 Å². The van der Waals surface area contributed by atoms with Crippen molar-refractivity contribution in [1.82, 2.24) is 9.97 Å². The van der Waals surface area contributed by atoms with E-state index in [0.717, 1.165) is 11.3 Å². The maximum absolute atomic E-state index is 5.81. The normalized spacial score (nSPS) is 10.4. The fourth-order valence-electron chi connectivity index (χ4n) is 1.55. The van der Waals surface area contributed by atoms with E-state index < -0.39 is 0 Å². The summed E-state index contributed by atoms with van der Waals surface area (Å²) in [4.78, 5) is 7.85. The Bertz CT molecular complexity index is 525. The van der Waals surface area contributed by atoms with Gasteiger partial charge in [-0.05, 0) is 24.6 Å². The molecule has 0 unspecified atom stereocenters. The number of nitrogen functional groups attached to an aromatic ring is 1. The summed E-state index contributed by atoms with van der Waals surface area (Å²) in [7, 11) is 0. The molecule has 0 aliphatic carbocycles. The van der Waals surface area contributed by atoms with E-state index in [4.69, 9.17) is 22.1 Å². The summed E-state index contributed by atoms with van der Waals surface area (Å²) in [5.74, 6) is 0.707. The van der Waals surface area contributed by atoms with Crippen LogP contribution in [0.25, 0.3) is 0 Å². The van der Waals surface area contributed by atoms with E-state index in [2.05, 4.69) is 15.3 Å². The molecular weight excluding hydrogens is 264 g/mol. The highest BCUT2D eigenvalue weighted by Crippen LogP contribution is 2.18. The van der Waals surface area contributed by atoms with Crippen LogP contribution in [0.5, 0.6) is 0 Å². The van der Waals surface area contributed by atoms with Gasteiger partial charge in [-0.2, -0.15) is 4.98 Å². The lowest BCUT2D eigenvalue weighted by molar-refractivity contribution is 0.134. The van der Waals surface area contributed by atoms with Crippen LogP contribution in [0.2, 0.25) is 5.15 Å². The third-order valence-corrected chi connectivity index (χ3v) is 2.61. The van der Waals surface area contributed by atoms with E-state index in [1.54, 1.807) is 6.07 Å². The molecule has 0 aliphatic heterocycles. The standard InChI is InChI=1S/C13H15ClN4O/c1-2-19-8-9-3-5-10(6-4-9)16-12-7-11(14)17-13(15)18-12/h3-7H,2,8H2,1H3,(H3,15,16,17,18). The Kier molecular flexibility index (Phi) is 4.54. The van der Waals surface area contributed by atoms with Gasteiger partial charge in [0, 0.05) is 18.4 Å². The molecular formula is C13H15ClN4O. The van der Waals surface area contributed by atoms with Crippen LogP contribution in [-0.4, -0.2) is 16.6 Å². The average molecular weight is 279 g/mol. The lowest BCUT2D eigenvalue weighted by atomic mass is 10.2. The molecule has 0 amide bonds. The topological polar surface area (TPSA) is 73.1 Å². The average Bonchev–Trinajstić information content (AvgIpc) is 2.37.